The van der Waals surface area contributed by atoms with Crippen LogP contribution in [-0.2, 0) is 29.0 Å². The lowest BCUT2D eigenvalue weighted by Crippen LogP contribution is -2.51. The maximum Gasteiger partial charge on any atom is 0.300 e. The number of aliphatic carboxylic acids is 1. The number of hydrogen-bond donors (Lipinski definition) is 3. The van der Waals surface area contributed by atoms with Crippen LogP contribution < -0.4 is 15.8 Å². The van der Waals surface area contributed by atoms with Crippen LogP contribution in [0.25, 0.3) is 0 Å². The molecule has 1 amide bonds. The van der Waals surface area contributed by atoms with Crippen molar-refractivity contribution in [3.63, 3.8) is 0 Å². The second kappa shape index (κ2) is 9.83. The standard InChI is InChI=1S/C17H26N2O2S.C2H4O2/c1-17(2,22-4)15(18)16(20)19-10-13-8-11-6-5-7-12(11)9-14(13)21-3;1-2(3)4/h8-9,15H,5-7,10,18H2,1-4H3,(H,19,20);1H3,(H,3,4)/t15-;/m1./s1. The van der Waals surface area contributed by atoms with Crippen molar-refractivity contribution in [1.82, 2.24) is 5.32 Å². The zero-order chi connectivity index (χ0) is 19.9. The van der Waals surface area contributed by atoms with Gasteiger partial charge in [-0.2, -0.15) is 11.8 Å². The van der Waals surface area contributed by atoms with E-state index >= 15 is 0 Å². The summed E-state index contributed by atoms with van der Waals surface area (Å²) in [5, 5.41) is 10.4. The van der Waals surface area contributed by atoms with Crippen molar-refractivity contribution in [2.75, 3.05) is 13.4 Å². The molecule has 0 heterocycles. The molecule has 0 radical (unpaired) electrons. The van der Waals surface area contributed by atoms with Gasteiger partial charge in [0.15, 0.2) is 0 Å². The molecule has 0 unspecified atom stereocenters. The van der Waals surface area contributed by atoms with Crippen LogP contribution >= 0.6 is 11.8 Å². The monoisotopic (exact) mass is 382 g/mol. The van der Waals surface area contributed by atoms with Crippen molar-refractivity contribution < 1.29 is 19.4 Å². The lowest BCUT2D eigenvalue weighted by atomic mass is 10.0. The molecule has 1 aromatic carbocycles. The number of benzene rings is 1. The normalized spacial score (nSPS) is 13.9. The maximum absolute atomic E-state index is 12.3. The van der Waals surface area contributed by atoms with E-state index in [9.17, 15) is 4.79 Å². The topological polar surface area (TPSA) is 102 Å². The van der Waals surface area contributed by atoms with Crippen LogP contribution in [0.5, 0.6) is 5.75 Å². The van der Waals surface area contributed by atoms with E-state index in [2.05, 4.69) is 17.4 Å². The van der Waals surface area contributed by atoms with E-state index < -0.39 is 12.0 Å². The van der Waals surface area contributed by atoms with E-state index in [4.69, 9.17) is 20.4 Å². The number of carboxylic acids is 1. The fourth-order valence-electron chi connectivity index (χ4n) is 2.72. The van der Waals surface area contributed by atoms with Crippen molar-refractivity contribution in [3.8, 4) is 5.75 Å². The Kier molecular flexibility index (Phi) is 8.43. The van der Waals surface area contributed by atoms with Gasteiger partial charge in [-0.25, -0.2) is 0 Å². The molecule has 0 bridgehead atoms. The second-order valence-corrected chi connectivity index (χ2v) is 8.27. The van der Waals surface area contributed by atoms with Crippen LogP contribution in [0.3, 0.4) is 0 Å². The lowest BCUT2D eigenvalue weighted by Gasteiger charge is -2.28. The number of nitrogens with one attached hydrogen (secondary N) is 1. The summed E-state index contributed by atoms with van der Waals surface area (Å²) in [6, 6.07) is 3.73. The molecule has 1 atom stereocenters. The summed E-state index contributed by atoms with van der Waals surface area (Å²) in [5.41, 5.74) is 9.83. The summed E-state index contributed by atoms with van der Waals surface area (Å²) in [7, 11) is 1.67. The molecule has 0 spiro atoms. The smallest absolute Gasteiger partial charge is 0.300 e. The van der Waals surface area contributed by atoms with Gasteiger partial charge in [0.25, 0.3) is 5.97 Å². The summed E-state index contributed by atoms with van der Waals surface area (Å²) in [5.74, 6) is -0.111. The SMILES string of the molecule is CC(=O)O.COc1cc2c(cc1CNC(=O)[C@@H](N)C(C)(C)SC)CCC2. The van der Waals surface area contributed by atoms with Crippen LogP contribution in [0, 0.1) is 0 Å². The number of amides is 1. The number of methoxy groups -OCH3 is 1. The highest BCUT2D eigenvalue weighted by molar-refractivity contribution is 8.00. The molecular formula is C19H30N2O4S. The molecule has 0 fully saturated rings. The summed E-state index contributed by atoms with van der Waals surface area (Å²) in [6.07, 6.45) is 5.39. The molecule has 2 rings (SSSR count). The van der Waals surface area contributed by atoms with Crippen molar-refractivity contribution in [1.29, 1.82) is 0 Å². The number of hydrogen-bond acceptors (Lipinski definition) is 5. The van der Waals surface area contributed by atoms with Gasteiger partial charge in [-0.05, 0) is 56.6 Å². The lowest BCUT2D eigenvalue weighted by molar-refractivity contribution is -0.134. The minimum Gasteiger partial charge on any atom is -0.496 e. The van der Waals surface area contributed by atoms with Gasteiger partial charge in [0.2, 0.25) is 5.91 Å². The Hall–Kier alpha value is -1.73. The first-order chi connectivity index (χ1) is 12.1. The molecule has 0 saturated heterocycles. The van der Waals surface area contributed by atoms with Gasteiger partial charge >= 0.3 is 0 Å². The zero-order valence-corrected chi connectivity index (χ0v) is 17.0. The number of carbonyl (C=O) groups excluding carboxylic acids is 1. The number of ether oxygens (including phenoxy) is 1. The van der Waals surface area contributed by atoms with Crippen molar-refractivity contribution in [2.45, 2.75) is 57.4 Å². The average Bonchev–Trinajstić information content (AvgIpc) is 3.04. The maximum atomic E-state index is 12.3. The fraction of sp³-hybridized carbons (Fsp3) is 0.579. The van der Waals surface area contributed by atoms with Crippen LogP contribution in [0.15, 0.2) is 12.1 Å². The molecule has 1 aliphatic carbocycles. The zero-order valence-electron chi connectivity index (χ0n) is 16.2. The average molecular weight is 383 g/mol. The third kappa shape index (κ3) is 6.21. The number of aryl methyl sites for hydroxylation is 2. The van der Waals surface area contributed by atoms with Crippen LogP contribution in [0.4, 0.5) is 0 Å². The first-order valence-corrected chi connectivity index (χ1v) is 9.81. The van der Waals surface area contributed by atoms with Gasteiger partial charge in [-0.15, -0.1) is 0 Å². The van der Waals surface area contributed by atoms with E-state index in [0.29, 0.717) is 6.54 Å². The molecule has 0 aromatic heterocycles. The molecule has 1 aromatic rings. The van der Waals surface area contributed by atoms with Crippen molar-refractivity contribution in [2.24, 2.45) is 5.73 Å². The Bertz CT molecular complexity index is 643. The Balaban J connectivity index is 0.000000765. The number of nitrogens with two attached hydrogens (primary N) is 1. The molecule has 7 heteroatoms. The minimum atomic E-state index is -0.833. The van der Waals surface area contributed by atoms with Gasteiger partial charge in [0, 0.05) is 23.8 Å². The van der Waals surface area contributed by atoms with Gasteiger partial charge < -0.3 is 20.9 Å². The highest BCUT2D eigenvalue weighted by atomic mass is 32.2. The second-order valence-electron chi connectivity index (χ2n) is 6.81. The summed E-state index contributed by atoms with van der Waals surface area (Å²) in [4.78, 5) is 21.3. The Morgan fingerprint density at radius 1 is 1.35 bits per heavy atom. The highest BCUT2D eigenvalue weighted by Crippen LogP contribution is 2.30. The van der Waals surface area contributed by atoms with Crippen LogP contribution in [0.1, 0.15) is 43.9 Å². The third-order valence-corrected chi connectivity index (χ3v) is 5.81. The summed E-state index contributed by atoms with van der Waals surface area (Å²) >= 11 is 1.60. The van der Waals surface area contributed by atoms with Gasteiger partial charge in [-0.1, -0.05) is 6.07 Å². The molecule has 146 valence electrons. The number of fused-ring (bicyclic) bond motifs is 1. The molecule has 6 nitrogen and oxygen atoms in total. The first kappa shape index (κ1) is 22.3. The number of carboxylic acid groups (broad SMARTS) is 1. The summed E-state index contributed by atoms with van der Waals surface area (Å²) < 4.78 is 5.18. The summed E-state index contributed by atoms with van der Waals surface area (Å²) in [6.45, 7) is 5.50. The van der Waals surface area contributed by atoms with Gasteiger partial charge in [0.05, 0.1) is 13.2 Å². The van der Waals surface area contributed by atoms with Crippen molar-refractivity contribution in [3.05, 3.63) is 28.8 Å². The van der Waals surface area contributed by atoms with E-state index in [-0.39, 0.29) is 10.7 Å². The van der Waals surface area contributed by atoms with Crippen LogP contribution in [-0.4, -0.2) is 41.1 Å². The highest BCUT2D eigenvalue weighted by Gasteiger charge is 2.31. The quantitative estimate of drug-likeness (QED) is 0.698. The third-order valence-electron chi connectivity index (χ3n) is 4.51. The van der Waals surface area contributed by atoms with Gasteiger partial charge in [0.1, 0.15) is 5.75 Å². The Morgan fingerprint density at radius 2 is 1.88 bits per heavy atom. The van der Waals surface area contributed by atoms with E-state index in [0.717, 1.165) is 31.1 Å². The Labute approximate surface area is 159 Å². The van der Waals surface area contributed by atoms with Gasteiger partial charge in [-0.3, -0.25) is 9.59 Å². The largest absolute Gasteiger partial charge is 0.496 e. The molecule has 4 N–H and O–H groups in total. The van der Waals surface area contributed by atoms with Crippen LogP contribution in [0.2, 0.25) is 0 Å². The molecular weight excluding hydrogens is 352 g/mol. The predicted molar refractivity (Wildman–Crippen MR) is 106 cm³/mol. The fourth-order valence-corrected chi connectivity index (χ4v) is 3.08. The first-order valence-electron chi connectivity index (χ1n) is 8.59. The van der Waals surface area contributed by atoms with Crippen molar-refractivity contribution >= 4 is 23.6 Å². The minimum absolute atomic E-state index is 0.123. The molecule has 0 saturated carbocycles. The molecule has 0 aliphatic heterocycles. The number of carbonyl (C=O) groups is 2. The molecule has 1 aliphatic rings. The Morgan fingerprint density at radius 3 is 2.38 bits per heavy atom. The predicted octanol–water partition coefficient (Wildman–Crippen LogP) is 2.36. The number of rotatable bonds is 6. The number of thioether (sulfide) groups is 1. The molecule has 26 heavy (non-hydrogen) atoms. The van der Waals surface area contributed by atoms with E-state index in [1.165, 1.54) is 17.5 Å². The van der Waals surface area contributed by atoms with E-state index in [1.807, 2.05) is 20.1 Å². The van der Waals surface area contributed by atoms with E-state index in [1.54, 1.807) is 18.9 Å².